The van der Waals surface area contributed by atoms with Crippen molar-refractivity contribution in [3.63, 3.8) is 0 Å². The van der Waals surface area contributed by atoms with Crippen molar-refractivity contribution in [1.29, 1.82) is 0 Å². The lowest BCUT2D eigenvalue weighted by molar-refractivity contribution is 0.475. The first-order valence-corrected chi connectivity index (χ1v) is 5.72. The van der Waals surface area contributed by atoms with Crippen LogP contribution in [0.5, 0.6) is 5.75 Å². The molecular weight excluding hydrogens is 212 g/mol. The molecule has 0 spiro atoms. The normalized spacial score (nSPS) is 10.4. The second-order valence-electron chi connectivity index (χ2n) is 3.95. The Balaban J connectivity index is 1.71. The molecule has 2 N–H and O–H groups in total. The molecule has 0 atom stereocenters. The zero-order valence-corrected chi connectivity index (χ0v) is 9.63. The third-order valence-corrected chi connectivity index (χ3v) is 2.58. The minimum atomic E-state index is 0.309. The Morgan fingerprint density at radius 3 is 2.59 bits per heavy atom. The molecule has 0 aliphatic carbocycles. The van der Waals surface area contributed by atoms with Crippen LogP contribution in [-0.4, -0.2) is 16.6 Å². The van der Waals surface area contributed by atoms with Crippen molar-refractivity contribution in [2.45, 2.75) is 13.0 Å². The smallest absolute Gasteiger partial charge is 0.115 e. The summed E-state index contributed by atoms with van der Waals surface area (Å²) in [5.41, 5.74) is 2.42. The summed E-state index contributed by atoms with van der Waals surface area (Å²) in [7, 11) is 0. The van der Waals surface area contributed by atoms with Crippen LogP contribution in [0.2, 0.25) is 0 Å². The number of aromatic nitrogens is 1. The number of pyridine rings is 1. The molecule has 0 aliphatic heterocycles. The molecule has 1 aromatic heterocycles. The summed E-state index contributed by atoms with van der Waals surface area (Å²) in [6.07, 6.45) is 4.65. The minimum Gasteiger partial charge on any atom is -0.508 e. The Morgan fingerprint density at radius 1 is 1.06 bits per heavy atom. The Labute approximate surface area is 101 Å². The Bertz CT molecular complexity index is 440. The van der Waals surface area contributed by atoms with Gasteiger partial charge in [-0.1, -0.05) is 18.2 Å². The monoisotopic (exact) mass is 228 g/mol. The SMILES string of the molecule is Oc1ccc(CNCCc2cccnc2)cc1. The van der Waals surface area contributed by atoms with Gasteiger partial charge in [0.05, 0.1) is 0 Å². The molecule has 3 heteroatoms. The topological polar surface area (TPSA) is 45.1 Å². The van der Waals surface area contributed by atoms with Crippen LogP contribution in [0.4, 0.5) is 0 Å². The standard InChI is InChI=1S/C14H16N2O/c17-14-5-3-13(4-6-14)11-16-9-7-12-2-1-8-15-10-12/h1-6,8,10,16-17H,7,9,11H2. The van der Waals surface area contributed by atoms with Crippen LogP contribution >= 0.6 is 0 Å². The first-order chi connectivity index (χ1) is 8.34. The van der Waals surface area contributed by atoms with Crippen molar-refractivity contribution in [2.75, 3.05) is 6.54 Å². The number of aromatic hydroxyl groups is 1. The predicted molar refractivity (Wildman–Crippen MR) is 67.8 cm³/mol. The molecule has 0 unspecified atom stereocenters. The number of nitrogens with one attached hydrogen (secondary N) is 1. The highest BCUT2D eigenvalue weighted by atomic mass is 16.3. The van der Waals surface area contributed by atoms with Gasteiger partial charge in [0.2, 0.25) is 0 Å². The molecule has 0 saturated heterocycles. The lowest BCUT2D eigenvalue weighted by Gasteiger charge is -2.05. The number of phenolic OH excluding ortho intramolecular Hbond substituents is 1. The molecule has 0 fully saturated rings. The number of benzene rings is 1. The van der Waals surface area contributed by atoms with Crippen molar-refractivity contribution in [2.24, 2.45) is 0 Å². The zero-order valence-electron chi connectivity index (χ0n) is 9.63. The summed E-state index contributed by atoms with van der Waals surface area (Å²) in [6.45, 7) is 1.74. The quantitative estimate of drug-likeness (QED) is 0.770. The van der Waals surface area contributed by atoms with Gasteiger partial charge in [-0.3, -0.25) is 4.98 Å². The Hall–Kier alpha value is -1.87. The molecule has 88 valence electrons. The van der Waals surface area contributed by atoms with Gasteiger partial charge >= 0.3 is 0 Å². The minimum absolute atomic E-state index is 0.309. The largest absolute Gasteiger partial charge is 0.508 e. The van der Waals surface area contributed by atoms with Crippen LogP contribution in [-0.2, 0) is 13.0 Å². The van der Waals surface area contributed by atoms with Crippen LogP contribution < -0.4 is 5.32 Å². The van der Waals surface area contributed by atoms with E-state index in [4.69, 9.17) is 5.11 Å². The van der Waals surface area contributed by atoms with Crippen LogP contribution in [0.25, 0.3) is 0 Å². The maximum atomic E-state index is 9.15. The summed E-state index contributed by atoms with van der Waals surface area (Å²) in [5, 5.41) is 12.5. The van der Waals surface area contributed by atoms with E-state index in [0.29, 0.717) is 5.75 Å². The maximum absolute atomic E-state index is 9.15. The second-order valence-corrected chi connectivity index (χ2v) is 3.95. The van der Waals surface area contributed by atoms with Gasteiger partial charge in [0.25, 0.3) is 0 Å². The van der Waals surface area contributed by atoms with Gasteiger partial charge in [-0.25, -0.2) is 0 Å². The molecule has 0 saturated carbocycles. The van der Waals surface area contributed by atoms with Crippen molar-refractivity contribution in [1.82, 2.24) is 10.3 Å². The van der Waals surface area contributed by atoms with Gasteiger partial charge in [0.1, 0.15) is 5.75 Å². The van der Waals surface area contributed by atoms with Gasteiger partial charge in [-0.05, 0) is 42.3 Å². The highest BCUT2D eigenvalue weighted by Crippen LogP contribution is 2.09. The molecule has 0 bridgehead atoms. The summed E-state index contributed by atoms with van der Waals surface area (Å²) in [4.78, 5) is 4.08. The van der Waals surface area contributed by atoms with E-state index in [2.05, 4.69) is 16.4 Å². The molecule has 0 radical (unpaired) electrons. The van der Waals surface area contributed by atoms with E-state index in [0.717, 1.165) is 19.5 Å². The molecule has 1 heterocycles. The molecular formula is C14H16N2O. The van der Waals surface area contributed by atoms with Gasteiger partial charge in [-0.15, -0.1) is 0 Å². The highest BCUT2D eigenvalue weighted by molar-refractivity contribution is 5.25. The first-order valence-electron chi connectivity index (χ1n) is 5.72. The highest BCUT2D eigenvalue weighted by Gasteiger charge is 1.94. The number of phenols is 1. The Kier molecular flexibility index (Phi) is 4.11. The van der Waals surface area contributed by atoms with Crippen molar-refractivity contribution in [3.05, 3.63) is 59.9 Å². The average Bonchev–Trinajstić information content (AvgIpc) is 2.38. The fraction of sp³-hybridized carbons (Fsp3) is 0.214. The lowest BCUT2D eigenvalue weighted by atomic mass is 10.2. The molecule has 2 rings (SSSR count). The number of hydrogen-bond donors (Lipinski definition) is 2. The molecule has 0 amide bonds. The fourth-order valence-electron chi connectivity index (χ4n) is 1.63. The predicted octanol–water partition coefficient (Wildman–Crippen LogP) is 2.12. The Morgan fingerprint density at radius 2 is 1.88 bits per heavy atom. The number of nitrogens with zero attached hydrogens (tertiary/aromatic N) is 1. The molecule has 17 heavy (non-hydrogen) atoms. The van der Waals surface area contributed by atoms with E-state index in [1.54, 1.807) is 18.3 Å². The van der Waals surface area contributed by atoms with Crippen molar-refractivity contribution in [3.8, 4) is 5.75 Å². The van der Waals surface area contributed by atoms with Gasteiger partial charge in [0, 0.05) is 18.9 Å². The molecule has 2 aromatic rings. The van der Waals surface area contributed by atoms with Crippen LogP contribution in [0.3, 0.4) is 0 Å². The molecule has 3 nitrogen and oxygen atoms in total. The molecule has 0 aliphatic rings. The summed E-state index contributed by atoms with van der Waals surface area (Å²) in [6, 6.07) is 11.3. The number of hydrogen-bond acceptors (Lipinski definition) is 3. The van der Waals surface area contributed by atoms with Crippen LogP contribution in [0, 0.1) is 0 Å². The van der Waals surface area contributed by atoms with Crippen LogP contribution in [0.1, 0.15) is 11.1 Å². The third-order valence-electron chi connectivity index (χ3n) is 2.58. The number of rotatable bonds is 5. The maximum Gasteiger partial charge on any atom is 0.115 e. The second kappa shape index (κ2) is 6.01. The molecule has 1 aromatic carbocycles. The third kappa shape index (κ3) is 3.89. The summed E-state index contributed by atoms with van der Waals surface area (Å²) in [5.74, 6) is 0.309. The van der Waals surface area contributed by atoms with E-state index in [1.165, 1.54) is 11.1 Å². The van der Waals surface area contributed by atoms with Crippen molar-refractivity contribution < 1.29 is 5.11 Å². The van der Waals surface area contributed by atoms with E-state index >= 15 is 0 Å². The first kappa shape index (κ1) is 11.6. The van der Waals surface area contributed by atoms with Crippen molar-refractivity contribution >= 4 is 0 Å². The van der Waals surface area contributed by atoms with Crippen LogP contribution in [0.15, 0.2) is 48.8 Å². The lowest BCUT2D eigenvalue weighted by Crippen LogP contribution is -2.16. The van der Waals surface area contributed by atoms with E-state index in [1.807, 2.05) is 24.4 Å². The summed E-state index contributed by atoms with van der Waals surface area (Å²) < 4.78 is 0. The fourth-order valence-corrected chi connectivity index (χ4v) is 1.63. The summed E-state index contributed by atoms with van der Waals surface area (Å²) >= 11 is 0. The van der Waals surface area contributed by atoms with Gasteiger partial charge in [-0.2, -0.15) is 0 Å². The van der Waals surface area contributed by atoms with Gasteiger partial charge in [0.15, 0.2) is 0 Å². The van der Waals surface area contributed by atoms with E-state index in [-0.39, 0.29) is 0 Å². The average molecular weight is 228 g/mol. The zero-order chi connectivity index (χ0) is 11.9. The van der Waals surface area contributed by atoms with Gasteiger partial charge < -0.3 is 10.4 Å². The van der Waals surface area contributed by atoms with E-state index < -0.39 is 0 Å². The van der Waals surface area contributed by atoms with E-state index in [9.17, 15) is 0 Å².